The standard InChI is InChI=1S/C13H17NO3/c1-8-4-5-9(2)10(6-8)13(17)11(14-3)7-12(15)16/h4-6,11,14H,7H2,1-3H3,(H,15,16). The Labute approximate surface area is 101 Å². The van der Waals surface area contributed by atoms with E-state index in [9.17, 15) is 9.59 Å². The highest BCUT2D eigenvalue weighted by atomic mass is 16.4. The summed E-state index contributed by atoms with van der Waals surface area (Å²) in [6, 6.07) is 4.92. The molecule has 0 aliphatic carbocycles. The molecule has 4 nitrogen and oxygen atoms in total. The fourth-order valence-corrected chi connectivity index (χ4v) is 1.69. The van der Waals surface area contributed by atoms with Crippen LogP contribution in [0.5, 0.6) is 0 Å². The number of nitrogens with one attached hydrogen (secondary N) is 1. The molecule has 0 bridgehead atoms. The molecule has 0 radical (unpaired) electrons. The molecule has 0 spiro atoms. The second-order valence-electron chi connectivity index (χ2n) is 4.12. The van der Waals surface area contributed by atoms with Gasteiger partial charge in [0.25, 0.3) is 0 Å². The number of ketones is 1. The van der Waals surface area contributed by atoms with Crippen molar-refractivity contribution >= 4 is 11.8 Å². The summed E-state index contributed by atoms with van der Waals surface area (Å²) in [5.74, 6) is -1.15. The van der Waals surface area contributed by atoms with Crippen LogP contribution in [0.25, 0.3) is 0 Å². The van der Waals surface area contributed by atoms with Crippen molar-refractivity contribution in [2.45, 2.75) is 26.3 Å². The lowest BCUT2D eigenvalue weighted by atomic mass is 9.96. The summed E-state index contributed by atoms with van der Waals surface area (Å²) in [5, 5.41) is 11.5. The van der Waals surface area contributed by atoms with Crippen LogP contribution in [0.3, 0.4) is 0 Å². The highest BCUT2D eigenvalue weighted by Gasteiger charge is 2.22. The highest BCUT2D eigenvalue weighted by Crippen LogP contribution is 2.14. The van der Waals surface area contributed by atoms with Gasteiger partial charge in [-0.2, -0.15) is 0 Å². The Bertz CT molecular complexity index is 440. The first-order valence-corrected chi connectivity index (χ1v) is 5.46. The van der Waals surface area contributed by atoms with E-state index >= 15 is 0 Å². The molecule has 0 aromatic heterocycles. The summed E-state index contributed by atoms with van der Waals surface area (Å²) in [5.41, 5.74) is 2.45. The molecule has 0 amide bonds. The molecule has 1 rings (SSSR count). The van der Waals surface area contributed by atoms with Crippen LogP contribution in [-0.4, -0.2) is 29.9 Å². The van der Waals surface area contributed by atoms with Gasteiger partial charge in [0, 0.05) is 5.56 Å². The predicted octanol–water partition coefficient (Wildman–Crippen LogP) is 1.55. The van der Waals surface area contributed by atoms with E-state index in [0.29, 0.717) is 5.56 Å². The van der Waals surface area contributed by atoms with Gasteiger partial charge in [-0.15, -0.1) is 0 Å². The Hall–Kier alpha value is -1.68. The van der Waals surface area contributed by atoms with Crippen LogP contribution in [0.4, 0.5) is 0 Å². The van der Waals surface area contributed by atoms with E-state index in [4.69, 9.17) is 5.11 Å². The number of hydrogen-bond acceptors (Lipinski definition) is 3. The lowest BCUT2D eigenvalue weighted by Crippen LogP contribution is -2.36. The summed E-state index contributed by atoms with van der Waals surface area (Å²) >= 11 is 0. The number of aliphatic carboxylic acids is 1. The van der Waals surface area contributed by atoms with Gasteiger partial charge in [0.2, 0.25) is 0 Å². The minimum atomic E-state index is -0.983. The number of aryl methyl sites for hydroxylation is 2. The number of carboxylic acids is 1. The SMILES string of the molecule is CNC(CC(=O)O)C(=O)c1cc(C)ccc1C. The van der Waals surface area contributed by atoms with Crippen molar-refractivity contribution in [3.05, 3.63) is 34.9 Å². The zero-order valence-electron chi connectivity index (χ0n) is 10.3. The molecular weight excluding hydrogens is 218 g/mol. The van der Waals surface area contributed by atoms with Crippen molar-refractivity contribution in [2.75, 3.05) is 7.05 Å². The number of carbonyl (C=O) groups excluding carboxylic acids is 1. The van der Waals surface area contributed by atoms with E-state index in [-0.39, 0.29) is 12.2 Å². The van der Waals surface area contributed by atoms with E-state index in [1.165, 1.54) is 0 Å². The zero-order valence-corrected chi connectivity index (χ0v) is 10.3. The minimum Gasteiger partial charge on any atom is -0.481 e. The number of hydrogen-bond donors (Lipinski definition) is 2. The first-order valence-electron chi connectivity index (χ1n) is 5.46. The number of carboxylic acid groups (broad SMARTS) is 1. The van der Waals surface area contributed by atoms with Crippen LogP contribution in [0.15, 0.2) is 18.2 Å². The van der Waals surface area contributed by atoms with Gasteiger partial charge < -0.3 is 10.4 Å². The Morgan fingerprint density at radius 2 is 2.00 bits per heavy atom. The van der Waals surface area contributed by atoms with Crippen molar-refractivity contribution in [1.29, 1.82) is 0 Å². The van der Waals surface area contributed by atoms with Gasteiger partial charge in [0.05, 0.1) is 12.5 Å². The van der Waals surface area contributed by atoms with E-state index in [2.05, 4.69) is 5.32 Å². The van der Waals surface area contributed by atoms with Crippen LogP contribution >= 0.6 is 0 Å². The summed E-state index contributed by atoms with van der Waals surface area (Å²) in [6.45, 7) is 3.75. The number of carbonyl (C=O) groups is 2. The Morgan fingerprint density at radius 3 is 2.53 bits per heavy atom. The second-order valence-corrected chi connectivity index (χ2v) is 4.12. The Balaban J connectivity index is 3.01. The van der Waals surface area contributed by atoms with Gasteiger partial charge in [-0.25, -0.2) is 0 Å². The van der Waals surface area contributed by atoms with Crippen LogP contribution < -0.4 is 5.32 Å². The molecule has 17 heavy (non-hydrogen) atoms. The molecule has 0 aliphatic heterocycles. The Kier molecular flexibility index (Phi) is 4.40. The van der Waals surface area contributed by atoms with E-state index in [1.807, 2.05) is 26.0 Å². The number of Topliss-reactive ketones (excluding diaryl/α,β-unsaturated/α-hetero) is 1. The summed E-state index contributed by atoms with van der Waals surface area (Å²) in [4.78, 5) is 22.8. The molecule has 1 aromatic rings. The lowest BCUT2D eigenvalue weighted by molar-refractivity contribution is -0.137. The maximum Gasteiger partial charge on any atom is 0.305 e. The summed E-state index contributed by atoms with van der Waals surface area (Å²) in [6.07, 6.45) is -0.206. The van der Waals surface area contributed by atoms with Gasteiger partial charge in [-0.3, -0.25) is 9.59 Å². The van der Waals surface area contributed by atoms with Gasteiger partial charge in [-0.05, 0) is 32.5 Å². The molecule has 0 heterocycles. The smallest absolute Gasteiger partial charge is 0.305 e. The van der Waals surface area contributed by atoms with Crippen molar-refractivity contribution in [2.24, 2.45) is 0 Å². The number of likely N-dealkylation sites (N-methyl/N-ethyl adjacent to an activating group) is 1. The lowest BCUT2D eigenvalue weighted by Gasteiger charge is -2.14. The molecular formula is C13H17NO3. The summed E-state index contributed by atoms with van der Waals surface area (Å²) < 4.78 is 0. The first-order chi connectivity index (χ1) is 7.95. The average molecular weight is 235 g/mol. The average Bonchev–Trinajstić information content (AvgIpc) is 2.28. The maximum absolute atomic E-state index is 12.2. The highest BCUT2D eigenvalue weighted by molar-refractivity contribution is 6.02. The fraction of sp³-hybridized carbons (Fsp3) is 0.385. The van der Waals surface area contributed by atoms with Crippen molar-refractivity contribution in [1.82, 2.24) is 5.32 Å². The third-order valence-corrected chi connectivity index (χ3v) is 2.70. The Morgan fingerprint density at radius 1 is 1.35 bits per heavy atom. The maximum atomic E-state index is 12.2. The van der Waals surface area contributed by atoms with Crippen LogP contribution in [-0.2, 0) is 4.79 Å². The van der Waals surface area contributed by atoms with Crippen molar-refractivity contribution in [3.8, 4) is 0 Å². The molecule has 1 unspecified atom stereocenters. The zero-order chi connectivity index (χ0) is 13.0. The number of benzene rings is 1. The summed E-state index contributed by atoms with van der Waals surface area (Å²) in [7, 11) is 1.59. The van der Waals surface area contributed by atoms with Crippen LogP contribution in [0, 0.1) is 13.8 Å². The first kappa shape index (κ1) is 13.4. The predicted molar refractivity (Wildman–Crippen MR) is 65.3 cm³/mol. The van der Waals surface area contributed by atoms with Crippen LogP contribution in [0.1, 0.15) is 27.9 Å². The molecule has 4 heteroatoms. The van der Waals surface area contributed by atoms with Crippen molar-refractivity contribution in [3.63, 3.8) is 0 Å². The fourth-order valence-electron chi connectivity index (χ4n) is 1.69. The monoisotopic (exact) mass is 235 g/mol. The van der Waals surface area contributed by atoms with Gasteiger partial charge in [0.1, 0.15) is 0 Å². The van der Waals surface area contributed by atoms with E-state index < -0.39 is 12.0 Å². The molecule has 2 N–H and O–H groups in total. The molecule has 1 aromatic carbocycles. The minimum absolute atomic E-state index is 0.170. The quantitative estimate of drug-likeness (QED) is 0.760. The van der Waals surface area contributed by atoms with Crippen LogP contribution in [0.2, 0.25) is 0 Å². The molecule has 0 fully saturated rings. The second kappa shape index (κ2) is 5.59. The van der Waals surface area contributed by atoms with E-state index in [0.717, 1.165) is 11.1 Å². The molecule has 92 valence electrons. The largest absolute Gasteiger partial charge is 0.481 e. The van der Waals surface area contributed by atoms with E-state index in [1.54, 1.807) is 13.1 Å². The molecule has 0 aliphatic rings. The topological polar surface area (TPSA) is 66.4 Å². The molecule has 1 atom stereocenters. The van der Waals surface area contributed by atoms with Gasteiger partial charge in [0.15, 0.2) is 5.78 Å². The normalized spacial score (nSPS) is 12.2. The number of rotatable bonds is 5. The van der Waals surface area contributed by atoms with Crippen molar-refractivity contribution < 1.29 is 14.7 Å². The third kappa shape index (κ3) is 3.39. The molecule has 0 saturated carbocycles. The third-order valence-electron chi connectivity index (χ3n) is 2.70. The van der Waals surface area contributed by atoms with Gasteiger partial charge in [-0.1, -0.05) is 17.7 Å². The van der Waals surface area contributed by atoms with Gasteiger partial charge >= 0.3 is 5.97 Å². The molecule has 0 saturated heterocycles.